The average Bonchev–Trinajstić information content (AvgIpc) is 2.70. The number of aromatic nitrogens is 2. The fourth-order valence-corrected chi connectivity index (χ4v) is 2.16. The van der Waals surface area contributed by atoms with Crippen LogP contribution in [0.5, 0.6) is 0 Å². The van der Waals surface area contributed by atoms with Crippen molar-refractivity contribution in [3.05, 3.63) is 32.6 Å². The number of aryl methyl sites for hydroxylation is 1. The van der Waals surface area contributed by atoms with Crippen LogP contribution in [0, 0.1) is 6.92 Å². The molecule has 1 aliphatic heterocycles. The van der Waals surface area contributed by atoms with Crippen molar-refractivity contribution >= 4 is 0 Å². The van der Waals surface area contributed by atoms with Gasteiger partial charge in [0.1, 0.15) is 18.3 Å². The van der Waals surface area contributed by atoms with Crippen LogP contribution in [0.4, 0.5) is 0 Å². The number of rotatable bonds is 3. The second-order valence-corrected chi connectivity index (χ2v) is 4.42. The Labute approximate surface area is 108 Å². The molecule has 19 heavy (non-hydrogen) atoms. The topological polar surface area (TPSA) is 114 Å². The summed E-state index contributed by atoms with van der Waals surface area (Å²) in [5, 5.41) is 19.2. The van der Waals surface area contributed by atoms with Gasteiger partial charge in [0.05, 0.1) is 6.61 Å². The largest absolute Gasteiger partial charge is 0.394 e. The molecule has 0 radical (unpaired) electrons. The molecule has 0 aromatic carbocycles. The summed E-state index contributed by atoms with van der Waals surface area (Å²) in [7, 11) is 1.38. The van der Waals surface area contributed by atoms with Gasteiger partial charge in [-0.25, -0.2) is 4.79 Å². The van der Waals surface area contributed by atoms with E-state index in [0.29, 0.717) is 5.56 Å². The standard InChI is InChI=1S/C11H16N2O6/c1-5-3-13(11(17)12-9(5)16)10-7(15)8(18-2)6(4-14)19-10/h3,6-8,10,14-15H,4H2,1-2H3,(H,12,16,17)/t6-,7-,8+,10-/m1/s1. The highest BCUT2D eigenvalue weighted by molar-refractivity contribution is 5.03. The summed E-state index contributed by atoms with van der Waals surface area (Å²) in [6, 6.07) is 0. The van der Waals surface area contributed by atoms with Gasteiger partial charge in [0.15, 0.2) is 6.23 Å². The first kappa shape index (κ1) is 13.9. The van der Waals surface area contributed by atoms with E-state index in [1.165, 1.54) is 20.2 Å². The van der Waals surface area contributed by atoms with E-state index in [9.17, 15) is 14.7 Å². The minimum absolute atomic E-state index is 0.316. The van der Waals surface area contributed by atoms with E-state index in [1.807, 2.05) is 0 Å². The van der Waals surface area contributed by atoms with Crippen LogP contribution >= 0.6 is 0 Å². The van der Waals surface area contributed by atoms with Crippen LogP contribution in [-0.4, -0.2) is 51.8 Å². The molecule has 1 fully saturated rings. The molecule has 8 nitrogen and oxygen atoms in total. The predicted octanol–water partition coefficient (Wildman–Crippen LogP) is -1.89. The van der Waals surface area contributed by atoms with Crippen molar-refractivity contribution in [2.45, 2.75) is 31.5 Å². The number of methoxy groups -OCH3 is 1. The highest BCUT2D eigenvalue weighted by atomic mass is 16.6. The van der Waals surface area contributed by atoms with Crippen LogP contribution in [0.3, 0.4) is 0 Å². The van der Waals surface area contributed by atoms with Gasteiger partial charge in [-0.15, -0.1) is 0 Å². The van der Waals surface area contributed by atoms with Crippen molar-refractivity contribution in [3.63, 3.8) is 0 Å². The maximum atomic E-state index is 11.7. The Hall–Kier alpha value is -1.48. The lowest BCUT2D eigenvalue weighted by Gasteiger charge is -2.18. The summed E-state index contributed by atoms with van der Waals surface area (Å²) in [5.74, 6) is 0. The highest BCUT2D eigenvalue weighted by Crippen LogP contribution is 2.29. The van der Waals surface area contributed by atoms with Crippen molar-refractivity contribution in [1.29, 1.82) is 0 Å². The summed E-state index contributed by atoms with van der Waals surface area (Å²) in [4.78, 5) is 25.1. The molecule has 0 amide bonds. The summed E-state index contributed by atoms with van der Waals surface area (Å²) in [6.07, 6.45) is -2.30. The van der Waals surface area contributed by atoms with E-state index in [4.69, 9.17) is 14.6 Å². The molecule has 4 atom stereocenters. The van der Waals surface area contributed by atoms with Crippen molar-refractivity contribution in [2.24, 2.45) is 0 Å². The van der Waals surface area contributed by atoms with Gasteiger partial charge in [-0.1, -0.05) is 0 Å². The minimum atomic E-state index is -1.12. The summed E-state index contributed by atoms with van der Waals surface area (Å²) in [5.41, 5.74) is -0.861. The second kappa shape index (κ2) is 5.25. The molecular formula is C11H16N2O6. The molecule has 3 N–H and O–H groups in total. The molecule has 1 aromatic heterocycles. The molecule has 8 heteroatoms. The van der Waals surface area contributed by atoms with Crippen LogP contribution in [0.1, 0.15) is 11.8 Å². The summed E-state index contributed by atoms with van der Waals surface area (Å²) >= 11 is 0. The van der Waals surface area contributed by atoms with Crippen LogP contribution < -0.4 is 11.2 Å². The number of ether oxygens (including phenoxy) is 2. The fourth-order valence-electron chi connectivity index (χ4n) is 2.16. The van der Waals surface area contributed by atoms with E-state index < -0.39 is 35.8 Å². The number of hydrogen-bond acceptors (Lipinski definition) is 6. The number of H-pyrrole nitrogens is 1. The zero-order valence-electron chi connectivity index (χ0n) is 10.6. The summed E-state index contributed by atoms with van der Waals surface area (Å²) < 4.78 is 11.5. The molecule has 0 unspecified atom stereocenters. The Kier molecular flexibility index (Phi) is 3.85. The molecule has 106 valence electrons. The van der Waals surface area contributed by atoms with Crippen molar-refractivity contribution in [3.8, 4) is 0 Å². The molecule has 2 heterocycles. The van der Waals surface area contributed by atoms with Crippen molar-refractivity contribution < 1.29 is 19.7 Å². The lowest BCUT2D eigenvalue weighted by atomic mass is 10.1. The van der Waals surface area contributed by atoms with Gasteiger partial charge in [0.2, 0.25) is 0 Å². The van der Waals surface area contributed by atoms with E-state index in [1.54, 1.807) is 0 Å². The quantitative estimate of drug-likeness (QED) is 0.593. The van der Waals surface area contributed by atoms with Gasteiger partial charge >= 0.3 is 5.69 Å². The predicted molar refractivity (Wildman–Crippen MR) is 63.9 cm³/mol. The Morgan fingerprint density at radius 2 is 2.21 bits per heavy atom. The van der Waals surface area contributed by atoms with Crippen molar-refractivity contribution in [2.75, 3.05) is 13.7 Å². The average molecular weight is 272 g/mol. The van der Waals surface area contributed by atoms with E-state index in [-0.39, 0.29) is 6.61 Å². The number of aliphatic hydroxyl groups is 2. The van der Waals surface area contributed by atoms with Crippen LogP contribution in [0.15, 0.2) is 15.8 Å². The first-order valence-corrected chi connectivity index (χ1v) is 5.78. The second-order valence-electron chi connectivity index (χ2n) is 4.42. The molecule has 0 spiro atoms. The monoisotopic (exact) mass is 272 g/mol. The molecule has 2 rings (SSSR count). The van der Waals surface area contributed by atoms with E-state index >= 15 is 0 Å². The molecule has 1 aromatic rings. The third-order valence-corrected chi connectivity index (χ3v) is 3.18. The lowest BCUT2D eigenvalue weighted by molar-refractivity contribution is -0.0569. The first-order chi connectivity index (χ1) is 8.99. The fraction of sp³-hybridized carbons (Fsp3) is 0.636. The molecule has 0 bridgehead atoms. The first-order valence-electron chi connectivity index (χ1n) is 5.78. The van der Waals surface area contributed by atoms with Gasteiger partial charge < -0.3 is 19.7 Å². The number of nitrogens with zero attached hydrogens (tertiary/aromatic N) is 1. The SMILES string of the molecule is CO[C@@H]1[C@@H](O)[C@H](n2cc(C)c(=O)[nH]c2=O)O[C@@H]1CO. The van der Waals surface area contributed by atoms with Gasteiger partial charge in [-0.05, 0) is 6.92 Å². The number of aliphatic hydroxyl groups excluding tert-OH is 2. The Balaban J connectivity index is 2.41. The normalized spacial score (nSPS) is 30.7. The maximum absolute atomic E-state index is 11.7. The van der Waals surface area contributed by atoms with Crippen LogP contribution in [0.25, 0.3) is 0 Å². The molecule has 0 saturated carbocycles. The van der Waals surface area contributed by atoms with Crippen molar-refractivity contribution in [1.82, 2.24) is 9.55 Å². The van der Waals surface area contributed by atoms with Crippen LogP contribution in [0.2, 0.25) is 0 Å². The van der Waals surface area contributed by atoms with Gasteiger partial charge in [-0.3, -0.25) is 14.3 Å². The Morgan fingerprint density at radius 1 is 1.53 bits per heavy atom. The zero-order chi connectivity index (χ0) is 14.2. The maximum Gasteiger partial charge on any atom is 0.330 e. The lowest BCUT2D eigenvalue weighted by Crippen LogP contribution is -2.39. The Bertz CT molecular complexity index is 565. The third kappa shape index (κ3) is 2.35. The molecule has 0 aliphatic carbocycles. The number of aromatic amines is 1. The molecule has 1 aliphatic rings. The number of hydrogen-bond donors (Lipinski definition) is 3. The zero-order valence-corrected chi connectivity index (χ0v) is 10.6. The molecular weight excluding hydrogens is 256 g/mol. The highest BCUT2D eigenvalue weighted by Gasteiger charge is 2.45. The summed E-state index contributed by atoms with van der Waals surface area (Å²) in [6.45, 7) is 1.19. The van der Waals surface area contributed by atoms with E-state index in [2.05, 4.69) is 4.98 Å². The Morgan fingerprint density at radius 3 is 2.74 bits per heavy atom. The van der Waals surface area contributed by atoms with Gasteiger partial charge in [-0.2, -0.15) is 0 Å². The van der Waals surface area contributed by atoms with Crippen LogP contribution in [-0.2, 0) is 9.47 Å². The van der Waals surface area contributed by atoms with E-state index in [0.717, 1.165) is 4.57 Å². The third-order valence-electron chi connectivity index (χ3n) is 3.18. The van der Waals surface area contributed by atoms with Gasteiger partial charge in [0, 0.05) is 18.9 Å². The van der Waals surface area contributed by atoms with Gasteiger partial charge in [0.25, 0.3) is 5.56 Å². The smallest absolute Gasteiger partial charge is 0.330 e. The molecule has 1 saturated heterocycles. The number of nitrogens with one attached hydrogen (secondary N) is 1. The minimum Gasteiger partial charge on any atom is -0.394 e.